The van der Waals surface area contributed by atoms with Crippen LogP contribution in [0.5, 0.6) is 0 Å². The van der Waals surface area contributed by atoms with Gasteiger partial charge in [-0.05, 0) is 34.6 Å². The molecule has 0 aromatic rings. The second-order valence-corrected chi connectivity index (χ2v) is 7.45. The zero-order chi connectivity index (χ0) is 11.6. The first-order valence-corrected chi connectivity index (χ1v) is 6.13. The lowest BCUT2D eigenvalue weighted by molar-refractivity contribution is 0.566. The van der Waals surface area contributed by atoms with Crippen molar-refractivity contribution < 1.29 is 8.42 Å². The SMILES string of the molecule is C=C(CC=C(C)C)S(=O)(=O)C(C)(C)C. The molecule has 0 amide bonds. The average molecular weight is 216 g/mol. The molecule has 14 heavy (non-hydrogen) atoms. The van der Waals surface area contributed by atoms with Gasteiger partial charge < -0.3 is 0 Å². The second-order valence-electron chi connectivity index (χ2n) is 4.64. The van der Waals surface area contributed by atoms with E-state index in [1.54, 1.807) is 20.8 Å². The molecule has 82 valence electrons. The number of rotatable bonds is 3. The smallest absolute Gasteiger partial charge is 0.179 e. The molecule has 0 aliphatic rings. The van der Waals surface area contributed by atoms with E-state index in [4.69, 9.17) is 0 Å². The normalized spacial score (nSPS) is 12.4. The van der Waals surface area contributed by atoms with Gasteiger partial charge in [-0.25, -0.2) is 8.42 Å². The summed E-state index contributed by atoms with van der Waals surface area (Å²) in [7, 11) is -3.21. The third-order valence-corrected chi connectivity index (χ3v) is 4.46. The van der Waals surface area contributed by atoms with Gasteiger partial charge in [0.1, 0.15) is 0 Å². The lowest BCUT2D eigenvalue weighted by Gasteiger charge is -2.20. The van der Waals surface area contributed by atoms with Crippen LogP contribution in [0.25, 0.3) is 0 Å². The van der Waals surface area contributed by atoms with E-state index in [0.717, 1.165) is 5.57 Å². The van der Waals surface area contributed by atoms with E-state index in [2.05, 4.69) is 6.58 Å². The van der Waals surface area contributed by atoms with Crippen molar-refractivity contribution in [2.45, 2.75) is 45.8 Å². The van der Waals surface area contributed by atoms with Crippen molar-refractivity contribution in [2.75, 3.05) is 0 Å². The van der Waals surface area contributed by atoms with E-state index >= 15 is 0 Å². The van der Waals surface area contributed by atoms with Crippen LogP contribution in [-0.2, 0) is 9.84 Å². The Balaban J connectivity index is 4.81. The van der Waals surface area contributed by atoms with E-state index < -0.39 is 14.6 Å². The Morgan fingerprint density at radius 1 is 1.29 bits per heavy atom. The summed E-state index contributed by atoms with van der Waals surface area (Å²) in [5.74, 6) is 0. The second kappa shape index (κ2) is 4.30. The zero-order valence-corrected chi connectivity index (χ0v) is 10.5. The Bertz CT molecular complexity index is 336. The molecule has 0 unspecified atom stereocenters. The van der Waals surface area contributed by atoms with Crippen molar-refractivity contribution in [2.24, 2.45) is 0 Å². The molecule has 0 rings (SSSR count). The molecule has 0 aliphatic heterocycles. The molecule has 2 nitrogen and oxygen atoms in total. The highest BCUT2D eigenvalue weighted by atomic mass is 32.2. The zero-order valence-electron chi connectivity index (χ0n) is 9.72. The van der Waals surface area contributed by atoms with Gasteiger partial charge in [0.05, 0.1) is 4.75 Å². The molecule has 0 N–H and O–H groups in total. The Kier molecular flexibility index (Phi) is 4.13. The van der Waals surface area contributed by atoms with E-state index in [0.29, 0.717) is 11.3 Å². The highest BCUT2D eigenvalue weighted by molar-refractivity contribution is 7.96. The van der Waals surface area contributed by atoms with Gasteiger partial charge in [0.2, 0.25) is 0 Å². The van der Waals surface area contributed by atoms with Gasteiger partial charge in [0.15, 0.2) is 9.84 Å². The summed E-state index contributed by atoms with van der Waals surface area (Å²) in [6, 6.07) is 0. The Morgan fingerprint density at radius 3 is 2.00 bits per heavy atom. The molecule has 0 saturated carbocycles. The summed E-state index contributed by atoms with van der Waals surface area (Å²) in [6.07, 6.45) is 2.30. The van der Waals surface area contributed by atoms with Crippen LogP contribution < -0.4 is 0 Å². The lowest BCUT2D eigenvalue weighted by atomic mass is 10.2. The van der Waals surface area contributed by atoms with Crippen molar-refractivity contribution in [3.8, 4) is 0 Å². The molecule has 0 spiro atoms. The maximum absolute atomic E-state index is 11.8. The molecule has 0 heterocycles. The van der Waals surface area contributed by atoms with Crippen molar-refractivity contribution in [3.63, 3.8) is 0 Å². The van der Waals surface area contributed by atoms with Gasteiger partial charge in [0.25, 0.3) is 0 Å². The van der Waals surface area contributed by atoms with Crippen molar-refractivity contribution in [1.29, 1.82) is 0 Å². The minimum atomic E-state index is -3.21. The van der Waals surface area contributed by atoms with Crippen LogP contribution in [0.3, 0.4) is 0 Å². The minimum Gasteiger partial charge on any atom is -0.223 e. The maximum Gasteiger partial charge on any atom is 0.179 e. The number of sulfone groups is 1. The van der Waals surface area contributed by atoms with Crippen LogP contribution in [0.1, 0.15) is 41.0 Å². The maximum atomic E-state index is 11.8. The van der Waals surface area contributed by atoms with Crippen molar-refractivity contribution in [1.82, 2.24) is 0 Å². The molecule has 0 bridgehead atoms. The van der Waals surface area contributed by atoms with Crippen LogP contribution in [0.4, 0.5) is 0 Å². The highest BCUT2D eigenvalue weighted by Gasteiger charge is 2.30. The summed E-state index contributed by atoms with van der Waals surface area (Å²) in [6.45, 7) is 12.6. The predicted octanol–water partition coefficient (Wildman–Crippen LogP) is 3.07. The first kappa shape index (κ1) is 13.4. The number of allylic oxidation sites excluding steroid dienone is 3. The summed E-state index contributed by atoms with van der Waals surface area (Å²) < 4.78 is 22.9. The van der Waals surface area contributed by atoms with Gasteiger partial charge in [-0.2, -0.15) is 0 Å². The summed E-state index contributed by atoms with van der Waals surface area (Å²) in [5, 5.41) is 0. The molecule has 0 aromatic carbocycles. The molecular formula is C11H20O2S. The third-order valence-electron chi connectivity index (χ3n) is 1.92. The first-order valence-electron chi connectivity index (χ1n) is 4.65. The molecule has 3 heteroatoms. The average Bonchev–Trinajstić information content (AvgIpc) is 1.97. The Hall–Kier alpha value is -0.570. The topological polar surface area (TPSA) is 34.1 Å². The first-order chi connectivity index (χ1) is 6.09. The molecule has 0 radical (unpaired) electrons. The van der Waals surface area contributed by atoms with Crippen molar-refractivity contribution >= 4 is 9.84 Å². The van der Waals surface area contributed by atoms with Crippen LogP contribution in [0.15, 0.2) is 23.1 Å². The van der Waals surface area contributed by atoms with Crippen molar-refractivity contribution in [3.05, 3.63) is 23.1 Å². The predicted molar refractivity (Wildman–Crippen MR) is 61.9 cm³/mol. The molecule has 0 atom stereocenters. The number of hydrogen-bond acceptors (Lipinski definition) is 2. The monoisotopic (exact) mass is 216 g/mol. The van der Waals surface area contributed by atoms with Crippen LogP contribution in [0, 0.1) is 0 Å². The van der Waals surface area contributed by atoms with Crippen LogP contribution in [-0.4, -0.2) is 13.2 Å². The molecule has 0 fully saturated rings. The summed E-state index contributed by atoms with van der Waals surface area (Å²) >= 11 is 0. The fourth-order valence-electron chi connectivity index (χ4n) is 0.861. The fraction of sp³-hybridized carbons (Fsp3) is 0.636. The van der Waals surface area contributed by atoms with Gasteiger partial charge in [0, 0.05) is 11.3 Å². The van der Waals surface area contributed by atoms with Gasteiger partial charge in [-0.3, -0.25) is 0 Å². The van der Waals surface area contributed by atoms with Crippen LogP contribution >= 0.6 is 0 Å². The Labute approximate surface area is 87.6 Å². The molecule has 0 aromatic heterocycles. The fourth-order valence-corrected chi connectivity index (χ4v) is 2.03. The largest absolute Gasteiger partial charge is 0.223 e. The van der Waals surface area contributed by atoms with E-state index in [1.165, 1.54) is 0 Å². The number of hydrogen-bond donors (Lipinski definition) is 0. The van der Waals surface area contributed by atoms with E-state index in [1.807, 2.05) is 19.9 Å². The quantitative estimate of drug-likeness (QED) is 0.679. The molecule has 0 saturated heterocycles. The standard InChI is InChI=1S/C11H20O2S/c1-9(2)7-8-10(3)14(12,13)11(4,5)6/h7H,3,8H2,1-2,4-6H3. The van der Waals surface area contributed by atoms with E-state index in [9.17, 15) is 8.42 Å². The summed E-state index contributed by atoms with van der Waals surface area (Å²) in [5.41, 5.74) is 1.11. The minimum absolute atomic E-state index is 0.297. The third kappa shape index (κ3) is 3.29. The Morgan fingerprint density at radius 2 is 1.71 bits per heavy atom. The highest BCUT2D eigenvalue weighted by Crippen LogP contribution is 2.24. The summed E-state index contributed by atoms with van der Waals surface area (Å²) in [4.78, 5) is 0.297. The molecule has 0 aliphatic carbocycles. The van der Waals surface area contributed by atoms with Gasteiger partial charge in [-0.15, -0.1) is 0 Å². The van der Waals surface area contributed by atoms with Gasteiger partial charge in [-0.1, -0.05) is 18.2 Å². The van der Waals surface area contributed by atoms with Crippen LogP contribution in [0.2, 0.25) is 0 Å². The molecular weight excluding hydrogens is 196 g/mol. The van der Waals surface area contributed by atoms with E-state index in [-0.39, 0.29) is 0 Å². The lowest BCUT2D eigenvalue weighted by Crippen LogP contribution is -2.28. The van der Waals surface area contributed by atoms with Gasteiger partial charge >= 0.3 is 0 Å².